The lowest BCUT2D eigenvalue weighted by Crippen LogP contribution is -2.57. The zero-order valence-corrected chi connectivity index (χ0v) is 31.2. The van der Waals surface area contributed by atoms with Crippen LogP contribution in [0.3, 0.4) is 0 Å². The van der Waals surface area contributed by atoms with Gasteiger partial charge >= 0.3 is 12.1 Å². The molecule has 2 bridgehead atoms. The standard InChI is InChI=1S/C38H47ClF2N6O5/c1-21-11-26(21)30-27(12-25(13-29(30)39)51-20-49-5)32-31(41)33-28(15-42-32)34(44-35(43-33)50-19-38-9-6-10-46(38)16-22(40)14-38)45-17-23-7-8-24(18-45)47(23)36(48)52-37(2,3)4/h12-13,15,21-24,26H,6-11,14,16-20H2,1-5H3/t21?,22-,23?,24?,26?,38+/m1/s1. The molecule has 0 spiro atoms. The number of hydrogen-bond donors (Lipinski definition) is 0. The van der Waals surface area contributed by atoms with Crippen LogP contribution in [-0.2, 0) is 9.47 Å². The number of hydrogen-bond acceptors (Lipinski definition) is 10. The maximum absolute atomic E-state index is 17.2. The van der Waals surface area contributed by atoms with Crippen LogP contribution in [0.25, 0.3) is 22.2 Å². The smallest absolute Gasteiger partial charge is 0.410 e. The molecule has 52 heavy (non-hydrogen) atoms. The van der Waals surface area contributed by atoms with Gasteiger partial charge in [0.15, 0.2) is 12.6 Å². The highest BCUT2D eigenvalue weighted by Gasteiger charge is 2.50. The number of rotatable bonds is 9. The molecule has 11 nitrogen and oxygen atoms in total. The Morgan fingerprint density at radius 1 is 1.12 bits per heavy atom. The fourth-order valence-electron chi connectivity index (χ4n) is 8.95. The molecule has 1 amide bonds. The fourth-order valence-corrected chi connectivity index (χ4v) is 9.30. The van der Waals surface area contributed by atoms with Gasteiger partial charge in [0.1, 0.15) is 41.2 Å². The lowest BCUT2D eigenvalue weighted by atomic mass is 9.95. The van der Waals surface area contributed by atoms with E-state index in [1.165, 1.54) is 7.11 Å². The number of ether oxygens (including phenoxy) is 4. The molecule has 0 N–H and O–H groups in total. The summed E-state index contributed by atoms with van der Waals surface area (Å²) in [6.45, 7) is 10.1. The van der Waals surface area contributed by atoms with Crippen LogP contribution in [0.2, 0.25) is 5.02 Å². The highest BCUT2D eigenvalue weighted by Crippen LogP contribution is 2.53. The summed E-state index contributed by atoms with van der Waals surface area (Å²) < 4.78 is 54.8. The minimum Gasteiger partial charge on any atom is -0.467 e. The molecule has 5 fully saturated rings. The number of piperazine rings is 1. The van der Waals surface area contributed by atoms with E-state index in [1.54, 1.807) is 18.3 Å². The van der Waals surface area contributed by atoms with Crippen LogP contribution >= 0.6 is 11.6 Å². The number of carbonyl (C=O) groups excluding carboxylic acids is 1. The Bertz CT molecular complexity index is 1870. The summed E-state index contributed by atoms with van der Waals surface area (Å²) in [5.74, 6) is 0.853. The molecule has 5 aliphatic rings. The monoisotopic (exact) mass is 740 g/mol. The predicted molar refractivity (Wildman–Crippen MR) is 192 cm³/mol. The van der Waals surface area contributed by atoms with Crippen molar-refractivity contribution < 1.29 is 32.5 Å². The Balaban J connectivity index is 1.20. The molecule has 4 saturated heterocycles. The highest BCUT2D eigenvalue weighted by atomic mass is 35.5. The Hall–Kier alpha value is -3.55. The largest absolute Gasteiger partial charge is 0.467 e. The summed E-state index contributed by atoms with van der Waals surface area (Å²) in [6, 6.07) is 3.31. The lowest BCUT2D eigenvalue weighted by molar-refractivity contribution is 0.0122. The van der Waals surface area contributed by atoms with E-state index in [0.29, 0.717) is 59.5 Å². The van der Waals surface area contributed by atoms with Gasteiger partial charge < -0.3 is 23.8 Å². The maximum atomic E-state index is 17.2. The average molecular weight is 741 g/mol. The third-order valence-corrected chi connectivity index (χ3v) is 11.8. The van der Waals surface area contributed by atoms with Crippen molar-refractivity contribution in [3.8, 4) is 23.0 Å². The van der Waals surface area contributed by atoms with Crippen molar-refractivity contribution in [2.75, 3.05) is 51.6 Å². The van der Waals surface area contributed by atoms with E-state index >= 15 is 4.39 Å². The van der Waals surface area contributed by atoms with Crippen LogP contribution in [-0.4, -0.2) is 107 Å². The van der Waals surface area contributed by atoms with E-state index in [0.717, 1.165) is 44.2 Å². The van der Waals surface area contributed by atoms with Crippen molar-refractivity contribution in [1.29, 1.82) is 0 Å². The number of methoxy groups -OCH3 is 1. The number of pyridine rings is 1. The van der Waals surface area contributed by atoms with E-state index in [9.17, 15) is 9.18 Å². The lowest BCUT2D eigenvalue weighted by Gasteiger charge is -2.42. The molecule has 6 atom stereocenters. The summed E-state index contributed by atoms with van der Waals surface area (Å²) in [5.41, 5.74) is 0.487. The highest BCUT2D eigenvalue weighted by molar-refractivity contribution is 6.32. The first-order chi connectivity index (χ1) is 24.8. The van der Waals surface area contributed by atoms with Crippen molar-refractivity contribution in [1.82, 2.24) is 24.8 Å². The summed E-state index contributed by atoms with van der Waals surface area (Å²) in [6.07, 6.45) is 5.10. The quantitative estimate of drug-likeness (QED) is 0.211. The molecule has 6 heterocycles. The number of amides is 1. The van der Waals surface area contributed by atoms with Crippen LogP contribution in [0.5, 0.6) is 11.8 Å². The predicted octanol–water partition coefficient (Wildman–Crippen LogP) is 7.13. The van der Waals surface area contributed by atoms with Crippen LogP contribution in [0.1, 0.15) is 77.7 Å². The Morgan fingerprint density at radius 3 is 2.56 bits per heavy atom. The molecule has 8 rings (SSSR count). The molecule has 4 aliphatic heterocycles. The van der Waals surface area contributed by atoms with E-state index < -0.39 is 23.1 Å². The Labute approximate surface area is 307 Å². The second-order valence-electron chi connectivity index (χ2n) is 16.3. The molecule has 14 heteroatoms. The SMILES string of the molecule is COCOc1cc(Cl)c(C2CC2C)c(-c2ncc3c(N4CC5CCC(C4)N5C(=O)OC(C)(C)C)nc(OC[C@@]45CCCN4C[C@H](F)C5)nc3c2F)c1. The van der Waals surface area contributed by atoms with E-state index in [2.05, 4.69) is 21.7 Å². The number of halogens is 3. The van der Waals surface area contributed by atoms with E-state index in [1.807, 2.05) is 25.7 Å². The number of fused-ring (bicyclic) bond motifs is 4. The summed E-state index contributed by atoms with van der Waals surface area (Å²) >= 11 is 6.86. The second-order valence-corrected chi connectivity index (χ2v) is 16.7. The first-order valence-corrected chi connectivity index (χ1v) is 18.8. The van der Waals surface area contributed by atoms with Gasteiger partial charge in [0.25, 0.3) is 0 Å². The molecule has 280 valence electrons. The van der Waals surface area contributed by atoms with Gasteiger partial charge in [0.2, 0.25) is 0 Å². The van der Waals surface area contributed by atoms with Crippen LogP contribution in [0.15, 0.2) is 18.3 Å². The molecular weight excluding hydrogens is 694 g/mol. The van der Waals surface area contributed by atoms with Crippen LogP contribution in [0.4, 0.5) is 19.4 Å². The second kappa shape index (κ2) is 13.4. The number of alkyl halides is 1. The van der Waals surface area contributed by atoms with Gasteiger partial charge in [-0.3, -0.25) is 14.8 Å². The van der Waals surface area contributed by atoms with Gasteiger partial charge in [-0.2, -0.15) is 9.97 Å². The topological polar surface area (TPSA) is 102 Å². The van der Waals surface area contributed by atoms with Gasteiger partial charge in [-0.1, -0.05) is 18.5 Å². The van der Waals surface area contributed by atoms with Gasteiger partial charge in [-0.15, -0.1) is 0 Å². The van der Waals surface area contributed by atoms with Crippen LogP contribution < -0.4 is 14.4 Å². The van der Waals surface area contributed by atoms with Gasteiger partial charge in [0, 0.05) is 49.9 Å². The van der Waals surface area contributed by atoms with Crippen LogP contribution in [0, 0.1) is 11.7 Å². The van der Waals surface area contributed by atoms with Gasteiger partial charge in [0.05, 0.1) is 23.0 Å². The molecule has 0 radical (unpaired) electrons. The van der Waals surface area contributed by atoms with E-state index in [4.69, 9.17) is 40.5 Å². The Morgan fingerprint density at radius 2 is 1.87 bits per heavy atom. The van der Waals surface area contributed by atoms with Crippen molar-refractivity contribution in [2.24, 2.45) is 5.92 Å². The summed E-state index contributed by atoms with van der Waals surface area (Å²) in [4.78, 5) is 33.7. The number of carbonyl (C=O) groups is 1. The molecule has 1 aromatic carbocycles. The number of nitrogens with zero attached hydrogens (tertiary/aromatic N) is 6. The number of aromatic nitrogens is 3. The molecule has 1 aliphatic carbocycles. The molecule has 1 saturated carbocycles. The zero-order valence-electron chi connectivity index (χ0n) is 30.5. The third kappa shape index (κ3) is 6.51. The summed E-state index contributed by atoms with van der Waals surface area (Å²) in [5, 5.41) is 0.913. The van der Waals surface area contributed by atoms with Gasteiger partial charge in [-0.25, -0.2) is 13.6 Å². The third-order valence-electron chi connectivity index (χ3n) is 11.4. The molecule has 2 aromatic heterocycles. The molecular formula is C38H47ClF2N6O5. The summed E-state index contributed by atoms with van der Waals surface area (Å²) in [7, 11) is 1.53. The van der Waals surface area contributed by atoms with Crippen molar-refractivity contribution in [3.05, 3.63) is 34.7 Å². The maximum Gasteiger partial charge on any atom is 0.410 e. The van der Waals surface area contributed by atoms with Crippen molar-refractivity contribution in [2.45, 2.75) is 102 Å². The van der Waals surface area contributed by atoms with E-state index in [-0.39, 0.29) is 54.7 Å². The van der Waals surface area contributed by atoms with Crippen molar-refractivity contribution >= 4 is 34.4 Å². The first-order valence-electron chi connectivity index (χ1n) is 18.4. The number of benzene rings is 1. The Kier molecular flexibility index (Phi) is 9.13. The van der Waals surface area contributed by atoms with Crippen molar-refractivity contribution in [3.63, 3.8) is 0 Å². The number of anilines is 1. The molecule has 4 unspecified atom stereocenters. The normalized spacial score (nSPS) is 28.4. The minimum atomic E-state index is -0.918. The zero-order chi connectivity index (χ0) is 36.5. The fraction of sp³-hybridized carbons (Fsp3) is 0.632. The molecule has 3 aromatic rings. The minimum absolute atomic E-state index is 0.00507. The average Bonchev–Trinajstić information content (AvgIpc) is 3.39. The first kappa shape index (κ1) is 35.5. The van der Waals surface area contributed by atoms with Gasteiger partial charge in [-0.05, 0) is 89.0 Å².